The van der Waals surface area contributed by atoms with Crippen molar-refractivity contribution >= 4 is 16.1 Å². The average Bonchev–Trinajstić information content (AvgIpc) is 2.54. The van der Waals surface area contributed by atoms with Gasteiger partial charge < -0.3 is 4.74 Å². The van der Waals surface area contributed by atoms with Crippen molar-refractivity contribution in [1.29, 1.82) is 0 Å². The maximum Gasteiger partial charge on any atom is 0.308 e. The first kappa shape index (κ1) is 17.9. The number of esters is 1. The number of hydrogen-bond donors (Lipinski definition) is 0. The van der Waals surface area contributed by atoms with Gasteiger partial charge >= 0.3 is 5.97 Å². The first-order valence-corrected chi connectivity index (χ1v) is 9.65. The topological polar surface area (TPSA) is 69.7 Å². The lowest BCUT2D eigenvalue weighted by Gasteiger charge is -2.26. The summed E-state index contributed by atoms with van der Waals surface area (Å²) in [6.45, 7) is 2.40. The Bertz CT molecular complexity index is 589. The fourth-order valence-electron chi connectivity index (χ4n) is 2.84. The predicted molar refractivity (Wildman–Crippen MR) is 87.1 cm³/mol. The van der Waals surface area contributed by atoms with E-state index in [0.29, 0.717) is 6.61 Å². The molecule has 1 aromatic rings. The molecule has 128 valence electrons. The summed E-state index contributed by atoms with van der Waals surface area (Å²) >= 11 is 0. The van der Waals surface area contributed by atoms with Gasteiger partial charge in [0.2, 0.25) is 0 Å². The summed E-state index contributed by atoms with van der Waals surface area (Å²) in [6, 6.07) is 9.00. The normalized spacial score (nSPS) is 21.8. The van der Waals surface area contributed by atoms with Crippen molar-refractivity contribution in [1.82, 2.24) is 0 Å². The number of hydrogen-bond acceptors (Lipinski definition) is 5. The molecule has 0 aromatic heterocycles. The molecular weight excluding hydrogens is 316 g/mol. The SMILES string of the molecule is CCOC(=O)C1CCC(COS(=O)(=O)Cc2ccccc2)CC1. The summed E-state index contributed by atoms with van der Waals surface area (Å²) in [4.78, 5) is 11.7. The van der Waals surface area contributed by atoms with Gasteiger partial charge in [-0.2, -0.15) is 8.42 Å². The Balaban J connectivity index is 1.75. The quantitative estimate of drug-likeness (QED) is 0.564. The summed E-state index contributed by atoms with van der Waals surface area (Å²) in [5.74, 6) is -0.103. The van der Waals surface area contributed by atoms with Crippen LogP contribution in [0.2, 0.25) is 0 Å². The lowest BCUT2D eigenvalue weighted by molar-refractivity contribution is -0.149. The fraction of sp³-hybridized carbons (Fsp3) is 0.588. The van der Waals surface area contributed by atoms with Crippen LogP contribution in [0.1, 0.15) is 38.2 Å². The minimum atomic E-state index is -3.56. The maximum absolute atomic E-state index is 12.0. The minimum Gasteiger partial charge on any atom is -0.466 e. The Labute approximate surface area is 138 Å². The van der Waals surface area contributed by atoms with Gasteiger partial charge in [0.05, 0.1) is 19.1 Å². The van der Waals surface area contributed by atoms with E-state index in [1.807, 2.05) is 18.2 Å². The largest absolute Gasteiger partial charge is 0.466 e. The minimum absolute atomic E-state index is 0.0490. The molecule has 2 rings (SSSR count). The van der Waals surface area contributed by atoms with Gasteiger partial charge in [0, 0.05) is 0 Å². The van der Waals surface area contributed by atoms with Crippen LogP contribution in [0.15, 0.2) is 30.3 Å². The second-order valence-corrected chi connectivity index (χ2v) is 7.58. The van der Waals surface area contributed by atoms with Crippen LogP contribution in [-0.4, -0.2) is 27.6 Å². The molecule has 1 aliphatic carbocycles. The van der Waals surface area contributed by atoms with Crippen molar-refractivity contribution in [2.45, 2.75) is 38.4 Å². The summed E-state index contributed by atoms with van der Waals surface area (Å²) < 4.78 is 34.2. The summed E-state index contributed by atoms with van der Waals surface area (Å²) in [5.41, 5.74) is 0.721. The van der Waals surface area contributed by atoms with Crippen LogP contribution >= 0.6 is 0 Å². The molecule has 0 aliphatic heterocycles. The van der Waals surface area contributed by atoms with Gasteiger partial charge in [-0.05, 0) is 44.1 Å². The monoisotopic (exact) mass is 340 g/mol. The zero-order valence-corrected chi connectivity index (χ0v) is 14.3. The second-order valence-electron chi connectivity index (χ2n) is 5.94. The molecule has 1 saturated carbocycles. The van der Waals surface area contributed by atoms with Crippen LogP contribution in [0, 0.1) is 11.8 Å². The summed E-state index contributed by atoms with van der Waals surface area (Å²) in [5, 5.41) is 0. The molecule has 1 fully saturated rings. The van der Waals surface area contributed by atoms with Crippen LogP contribution in [0.5, 0.6) is 0 Å². The van der Waals surface area contributed by atoms with Crippen molar-refractivity contribution in [3.63, 3.8) is 0 Å². The number of carbonyl (C=O) groups excluding carboxylic acids is 1. The number of ether oxygens (including phenoxy) is 1. The molecule has 0 amide bonds. The fourth-order valence-corrected chi connectivity index (χ4v) is 3.93. The maximum atomic E-state index is 12.0. The predicted octanol–water partition coefficient (Wildman–Crippen LogP) is 2.90. The van der Waals surface area contributed by atoms with Crippen LogP contribution in [0.25, 0.3) is 0 Å². The van der Waals surface area contributed by atoms with E-state index in [4.69, 9.17) is 8.92 Å². The summed E-state index contributed by atoms with van der Waals surface area (Å²) in [7, 11) is -3.56. The van der Waals surface area contributed by atoms with E-state index in [-0.39, 0.29) is 30.2 Å². The smallest absolute Gasteiger partial charge is 0.308 e. The van der Waals surface area contributed by atoms with E-state index in [9.17, 15) is 13.2 Å². The standard InChI is InChI=1S/C17H24O5S/c1-2-21-17(18)16-10-8-14(9-11-16)12-22-23(19,20)13-15-6-4-3-5-7-15/h3-7,14,16H,2,8-13H2,1H3. The number of rotatable bonds is 7. The molecule has 0 N–H and O–H groups in total. The van der Waals surface area contributed by atoms with Crippen molar-refractivity contribution in [2.75, 3.05) is 13.2 Å². The van der Waals surface area contributed by atoms with Crippen molar-refractivity contribution in [2.24, 2.45) is 11.8 Å². The molecule has 0 unspecified atom stereocenters. The van der Waals surface area contributed by atoms with Crippen molar-refractivity contribution in [3.05, 3.63) is 35.9 Å². The van der Waals surface area contributed by atoms with Crippen LogP contribution in [-0.2, 0) is 29.6 Å². The molecule has 1 aliphatic rings. The van der Waals surface area contributed by atoms with Crippen molar-refractivity contribution in [3.8, 4) is 0 Å². The third kappa shape index (κ3) is 5.95. The lowest BCUT2D eigenvalue weighted by atomic mass is 9.82. The number of benzene rings is 1. The van der Waals surface area contributed by atoms with Crippen LogP contribution in [0.3, 0.4) is 0 Å². The highest BCUT2D eigenvalue weighted by atomic mass is 32.2. The zero-order valence-electron chi connectivity index (χ0n) is 13.4. The highest BCUT2D eigenvalue weighted by Crippen LogP contribution is 2.30. The van der Waals surface area contributed by atoms with Gasteiger partial charge in [0.1, 0.15) is 5.75 Å². The molecule has 0 heterocycles. The molecule has 5 nitrogen and oxygen atoms in total. The van der Waals surface area contributed by atoms with E-state index in [1.54, 1.807) is 19.1 Å². The van der Waals surface area contributed by atoms with E-state index in [2.05, 4.69) is 0 Å². The van der Waals surface area contributed by atoms with E-state index >= 15 is 0 Å². The van der Waals surface area contributed by atoms with Gasteiger partial charge in [-0.25, -0.2) is 0 Å². The Morgan fingerprint density at radius 3 is 2.39 bits per heavy atom. The average molecular weight is 340 g/mol. The Hall–Kier alpha value is -1.40. The Morgan fingerprint density at radius 2 is 1.78 bits per heavy atom. The zero-order chi connectivity index (χ0) is 16.7. The van der Waals surface area contributed by atoms with Crippen LogP contribution < -0.4 is 0 Å². The van der Waals surface area contributed by atoms with E-state index in [1.165, 1.54) is 0 Å². The molecule has 0 saturated heterocycles. The van der Waals surface area contributed by atoms with Gasteiger partial charge in [-0.3, -0.25) is 8.98 Å². The Kier molecular flexibility index (Phi) is 6.59. The molecule has 6 heteroatoms. The lowest BCUT2D eigenvalue weighted by Crippen LogP contribution is -2.26. The molecule has 0 radical (unpaired) electrons. The van der Waals surface area contributed by atoms with E-state index in [0.717, 1.165) is 31.2 Å². The van der Waals surface area contributed by atoms with Gasteiger partial charge in [-0.1, -0.05) is 30.3 Å². The van der Waals surface area contributed by atoms with Gasteiger partial charge in [-0.15, -0.1) is 0 Å². The highest BCUT2D eigenvalue weighted by Gasteiger charge is 2.28. The second kappa shape index (κ2) is 8.45. The molecular formula is C17H24O5S. The molecule has 0 spiro atoms. The summed E-state index contributed by atoms with van der Waals surface area (Å²) in [6.07, 6.45) is 3.08. The third-order valence-corrected chi connectivity index (χ3v) is 5.32. The molecule has 1 aromatic carbocycles. The Morgan fingerprint density at radius 1 is 1.13 bits per heavy atom. The van der Waals surface area contributed by atoms with Crippen molar-refractivity contribution < 1.29 is 22.1 Å². The number of carbonyl (C=O) groups is 1. The first-order valence-electron chi connectivity index (χ1n) is 8.08. The molecule has 23 heavy (non-hydrogen) atoms. The van der Waals surface area contributed by atoms with Gasteiger partial charge in [0.25, 0.3) is 10.1 Å². The highest BCUT2D eigenvalue weighted by molar-refractivity contribution is 7.85. The molecule has 0 atom stereocenters. The molecule has 0 bridgehead atoms. The third-order valence-electron chi connectivity index (χ3n) is 4.14. The van der Waals surface area contributed by atoms with Crippen LogP contribution in [0.4, 0.5) is 0 Å². The first-order chi connectivity index (χ1) is 11.0. The van der Waals surface area contributed by atoms with E-state index < -0.39 is 10.1 Å². The van der Waals surface area contributed by atoms with Gasteiger partial charge in [0.15, 0.2) is 0 Å².